The molecule has 0 bridgehead atoms. The summed E-state index contributed by atoms with van der Waals surface area (Å²) in [5.74, 6) is 1.20. The Balaban J connectivity index is 1.81. The fourth-order valence-corrected chi connectivity index (χ4v) is 2.07. The van der Waals surface area contributed by atoms with Crippen LogP contribution in [0.15, 0.2) is 47.1 Å². The Bertz CT molecular complexity index is 559. The third kappa shape index (κ3) is 4.38. The fraction of sp³-hybridized carbons (Fsp3) is 0.353. The van der Waals surface area contributed by atoms with Crippen molar-refractivity contribution in [3.8, 4) is 0 Å². The maximum absolute atomic E-state index is 11.9. The molecule has 21 heavy (non-hydrogen) atoms. The van der Waals surface area contributed by atoms with E-state index in [9.17, 15) is 4.79 Å². The Labute approximate surface area is 125 Å². The zero-order chi connectivity index (χ0) is 15.2. The van der Waals surface area contributed by atoms with Crippen LogP contribution in [-0.4, -0.2) is 12.5 Å². The van der Waals surface area contributed by atoms with Gasteiger partial charge in [-0.25, -0.2) is 0 Å². The zero-order valence-corrected chi connectivity index (χ0v) is 12.7. The predicted molar refractivity (Wildman–Crippen MR) is 84.3 cm³/mol. The van der Waals surface area contributed by atoms with Gasteiger partial charge >= 0.3 is 0 Å². The number of hydrogen-bond donors (Lipinski definition) is 2. The summed E-state index contributed by atoms with van der Waals surface area (Å²) in [6.07, 6.45) is 1.60. The topological polar surface area (TPSA) is 54.3 Å². The van der Waals surface area contributed by atoms with Gasteiger partial charge in [0.2, 0.25) is 5.91 Å². The second-order valence-electron chi connectivity index (χ2n) is 5.43. The summed E-state index contributed by atoms with van der Waals surface area (Å²) in [6, 6.07) is 11.7. The monoisotopic (exact) mass is 286 g/mol. The lowest BCUT2D eigenvalue weighted by atomic mass is 10.0. The first-order valence-corrected chi connectivity index (χ1v) is 7.23. The van der Waals surface area contributed by atoms with Crippen LogP contribution in [0.1, 0.15) is 44.1 Å². The van der Waals surface area contributed by atoms with E-state index in [1.54, 1.807) is 6.26 Å². The lowest BCUT2D eigenvalue weighted by molar-refractivity contribution is -0.120. The molecule has 0 aliphatic rings. The van der Waals surface area contributed by atoms with Gasteiger partial charge in [-0.3, -0.25) is 4.79 Å². The van der Waals surface area contributed by atoms with Gasteiger partial charge in [-0.2, -0.15) is 0 Å². The average molecular weight is 286 g/mol. The van der Waals surface area contributed by atoms with E-state index in [-0.39, 0.29) is 18.5 Å². The normalized spacial score (nSPS) is 12.2. The summed E-state index contributed by atoms with van der Waals surface area (Å²) in [4.78, 5) is 11.9. The van der Waals surface area contributed by atoms with Crippen LogP contribution in [0.3, 0.4) is 0 Å². The van der Waals surface area contributed by atoms with E-state index >= 15 is 0 Å². The Hall–Kier alpha value is -2.23. The summed E-state index contributed by atoms with van der Waals surface area (Å²) in [6.45, 7) is 6.46. The third-order valence-electron chi connectivity index (χ3n) is 3.38. The van der Waals surface area contributed by atoms with Crippen molar-refractivity contribution >= 4 is 11.6 Å². The molecular formula is C17H22N2O2. The Morgan fingerprint density at radius 2 is 1.86 bits per heavy atom. The summed E-state index contributed by atoms with van der Waals surface area (Å²) < 4.78 is 5.26. The Morgan fingerprint density at radius 3 is 2.43 bits per heavy atom. The van der Waals surface area contributed by atoms with E-state index in [0.717, 1.165) is 11.4 Å². The van der Waals surface area contributed by atoms with Gasteiger partial charge in [-0.15, -0.1) is 0 Å². The van der Waals surface area contributed by atoms with Crippen molar-refractivity contribution in [2.45, 2.75) is 32.7 Å². The Kier molecular flexibility index (Phi) is 5.04. The van der Waals surface area contributed by atoms with Gasteiger partial charge in [-0.1, -0.05) is 26.0 Å². The minimum atomic E-state index is -0.127. The molecule has 1 heterocycles. The third-order valence-corrected chi connectivity index (χ3v) is 3.38. The summed E-state index contributed by atoms with van der Waals surface area (Å²) >= 11 is 0. The second-order valence-corrected chi connectivity index (χ2v) is 5.43. The zero-order valence-electron chi connectivity index (χ0n) is 12.7. The lowest BCUT2D eigenvalue weighted by Gasteiger charge is -2.13. The average Bonchev–Trinajstić information content (AvgIpc) is 3.00. The van der Waals surface area contributed by atoms with Crippen LogP contribution in [-0.2, 0) is 4.79 Å². The highest BCUT2D eigenvalue weighted by molar-refractivity contribution is 5.81. The van der Waals surface area contributed by atoms with Crippen LogP contribution in [0.25, 0.3) is 0 Å². The minimum absolute atomic E-state index is 0.0631. The minimum Gasteiger partial charge on any atom is -0.467 e. The fourth-order valence-electron chi connectivity index (χ4n) is 2.07. The lowest BCUT2D eigenvalue weighted by Crippen LogP contribution is -2.31. The molecule has 0 saturated heterocycles. The highest BCUT2D eigenvalue weighted by Gasteiger charge is 2.11. The van der Waals surface area contributed by atoms with Crippen molar-refractivity contribution in [3.05, 3.63) is 54.0 Å². The van der Waals surface area contributed by atoms with E-state index in [4.69, 9.17) is 4.42 Å². The van der Waals surface area contributed by atoms with Crippen LogP contribution < -0.4 is 10.6 Å². The molecule has 4 nitrogen and oxygen atoms in total. The van der Waals surface area contributed by atoms with Crippen molar-refractivity contribution in [1.29, 1.82) is 0 Å². The van der Waals surface area contributed by atoms with Crippen LogP contribution in [0.4, 0.5) is 5.69 Å². The van der Waals surface area contributed by atoms with E-state index in [1.807, 2.05) is 31.2 Å². The van der Waals surface area contributed by atoms with Gasteiger partial charge in [0.25, 0.3) is 0 Å². The molecule has 2 aromatic rings. The molecule has 1 unspecified atom stereocenters. The van der Waals surface area contributed by atoms with Crippen molar-refractivity contribution in [3.63, 3.8) is 0 Å². The maximum atomic E-state index is 11.9. The highest BCUT2D eigenvalue weighted by atomic mass is 16.3. The molecule has 0 aliphatic heterocycles. The van der Waals surface area contributed by atoms with Crippen LogP contribution in [0, 0.1) is 0 Å². The smallest absolute Gasteiger partial charge is 0.239 e. The second kappa shape index (κ2) is 6.97. The van der Waals surface area contributed by atoms with Gasteiger partial charge in [0.15, 0.2) is 0 Å². The van der Waals surface area contributed by atoms with Gasteiger partial charge in [0.05, 0.1) is 18.8 Å². The molecule has 1 aromatic carbocycles. The van der Waals surface area contributed by atoms with E-state index < -0.39 is 0 Å². The Morgan fingerprint density at radius 1 is 1.14 bits per heavy atom. The summed E-state index contributed by atoms with van der Waals surface area (Å²) in [7, 11) is 0. The standard InChI is InChI=1S/C17H22N2O2/c1-12(2)14-6-8-15(9-7-14)18-11-17(20)19-13(3)16-5-4-10-21-16/h4-10,12-13,18H,11H2,1-3H3,(H,19,20). The molecule has 0 fully saturated rings. The molecule has 1 aromatic heterocycles. The summed E-state index contributed by atoms with van der Waals surface area (Å²) in [5.41, 5.74) is 2.23. The number of hydrogen-bond acceptors (Lipinski definition) is 3. The molecule has 1 atom stereocenters. The van der Waals surface area contributed by atoms with Crippen LogP contribution in [0.5, 0.6) is 0 Å². The van der Waals surface area contributed by atoms with E-state index in [2.05, 4.69) is 36.6 Å². The van der Waals surface area contributed by atoms with E-state index in [0.29, 0.717) is 5.92 Å². The van der Waals surface area contributed by atoms with Gasteiger partial charge in [0, 0.05) is 5.69 Å². The number of carbonyl (C=O) groups is 1. The SMILES string of the molecule is CC(C)c1ccc(NCC(=O)NC(C)c2ccco2)cc1. The predicted octanol–water partition coefficient (Wildman–Crippen LogP) is 3.69. The maximum Gasteiger partial charge on any atom is 0.239 e. The first-order chi connectivity index (χ1) is 10.1. The summed E-state index contributed by atoms with van der Waals surface area (Å²) in [5, 5.41) is 6.01. The molecule has 0 saturated carbocycles. The molecule has 0 spiro atoms. The number of benzene rings is 1. The number of furan rings is 1. The first-order valence-electron chi connectivity index (χ1n) is 7.23. The quantitative estimate of drug-likeness (QED) is 0.851. The van der Waals surface area contributed by atoms with Crippen molar-refractivity contribution in [2.75, 3.05) is 11.9 Å². The van der Waals surface area contributed by atoms with E-state index in [1.165, 1.54) is 5.56 Å². The van der Waals surface area contributed by atoms with Crippen molar-refractivity contribution < 1.29 is 9.21 Å². The number of nitrogens with one attached hydrogen (secondary N) is 2. The number of amides is 1. The first kappa shape index (κ1) is 15.2. The molecular weight excluding hydrogens is 264 g/mol. The molecule has 2 N–H and O–H groups in total. The van der Waals surface area contributed by atoms with Gasteiger partial charge in [-0.05, 0) is 42.7 Å². The van der Waals surface area contributed by atoms with Crippen LogP contribution in [0.2, 0.25) is 0 Å². The van der Waals surface area contributed by atoms with Crippen molar-refractivity contribution in [1.82, 2.24) is 5.32 Å². The van der Waals surface area contributed by atoms with Crippen LogP contribution >= 0.6 is 0 Å². The largest absolute Gasteiger partial charge is 0.467 e. The number of anilines is 1. The van der Waals surface area contributed by atoms with Gasteiger partial charge in [0.1, 0.15) is 5.76 Å². The molecule has 1 amide bonds. The van der Waals surface area contributed by atoms with Gasteiger partial charge < -0.3 is 15.1 Å². The molecule has 4 heteroatoms. The molecule has 0 aliphatic carbocycles. The molecule has 0 radical (unpaired) electrons. The highest BCUT2D eigenvalue weighted by Crippen LogP contribution is 2.17. The number of carbonyl (C=O) groups excluding carboxylic acids is 1. The van der Waals surface area contributed by atoms with Crippen molar-refractivity contribution in [2.24, 2.45) is 0 Å². The molecule has 112 valence electrons. The molecule has 2 rings (SSSR count). The number of rotatable bonds is 6.